The lowest BCUT2D eigenvalue weighted by Crippen LogP contribution is -2.29. The van der Waals surface area contributed by atoms with E-state index in [1.54, 1.807) is 12.2 Å². The normalized spacial score (nSPS) is 19.4. The number of unbranched alkanes of at least 4 members (excludes halogenated alkanes) is 8. The average Bonchev–Trinajstić information content (AvgIpc) is 3.60. The molecule has 2 rings (SSSR count). The Morgan fingerprint density at radius 2 is 1.58 bits per heavy atom. The van der Waals surface area contributed by atoms with Crippen molar-refractivity contribution < 1.29 is 57.0 Å². The highest BCUT2D eigenvalue weighted by Crippen LogP contribution is 2.43. The zero-order valence-corrected chi connectivity index (χ0v) is 35.9. The van der Waals surface area contributed by atoms with Crippen LogP contribution in [-0.2, 0) is 50.3 Å². The number of furan rings is 1. The number of phosphoric acid groups is 1. The first kappa shape index (κ1) is 50.5. The fourth-order valence-corrected chi connectivity index (χ4v) is 7.66. The van der Waals surface area contributed by atoms with E-state index in [2.05, 4.69) is 27.7 Å². The van der Waals surface area contributed by atoms with Crippen molar-refractivity contribution in [2.24, 2.45) is 17.6 Å². The van der Waals surface area contributed by atoms with Crippen LogP contribution in [0.15, 0.2) is 28.7 Å². The number of rotatable bonds is 32. The van der Waals surface area contributed by atoms with E-state index in [0.717, 1.165) is 82.1 Å². The number of nitrogens with two attached hydrogens (primary N) is 1. The Bertz CT molecular complexity index is 1420. The van der Waals surface area contributed by atoms with E-state index in [0.29, 0.717) is 32.1 Å². The van der Waals surface area contributed by atoms with E-state index in [9.17, 15) is 34.1 Å². The van der Waals surface area contributed by atoms with E-state index >= 15 is 0 Å². The van der Waals surface area contributed by atoms with Gasteiger partial charge >= 0.3 is 19.8 Å². The van der Waals surface area contributed by atoms with Gasteiger partial charge in [0.2, 0.25) is 0 Å². The van der Waals surface area contributed by atoms with Gasteiger partial charge in [-0.25, -0.2) is 4.57 Å². The van der Waals surface area contributed by atoms with E-state index in [1.165, 1.54) is 11.1 Å². The molecule has 326 valence electrons. The summed E-state index contributed by atoms with van der Waals surface area (Å²) < 4.78 is 38.8. The number of hydrogen-bond acceptors (Lipinski definition) is 12. The van der Waals surface area contributed by atoms with Crippen molar-refractivity contribution in [1.82, 2.24) is 0 Å². The lowest BCUT2D eigenvalue weighted by Gasteiger charge is -2.19. The van der Waals surface area contributed by atoms with Gasteiger partial charge in [0.25, 0.3) is 0 Å². The maximum absolute atomic E-state index is 12.7. The molecule has 0 radical (unpaired) electrons. The molecule has 0 bridgehead atoms. The molecule has 0 aliphatic heterocycles. The molecule has 14 heteroatoms. The second-order valence-electron chi connectivity index (χ2n) is 15.2. The summed E-state index contributed by atoms with van der Waals surface area (Å²) in [5, 5.41) is 20.7. The van der Waals surface area contributed by atoms with Crippen molar-refractivity contribution >= 4 is 25.5 Å². The van der Waals surface area contributed by atoms with Crippen molar-refractivity contribution in [3.63, 3.8) is 0 Å². The number of Topliss-reactive ketones (excluding diaryl/α,β-unsaturated/α-hetero) is 1. The van der Waals surface area contributed by atoms with Crippen molar-refractivity contribution in [1.29, 1.82) is 0 Å². The molecule has 1 aromatic heterocycles. The van der Waals surface area contributed by atoms with Gasteiger partial charge in [-0.3, -0.25) is 23.4 Å². The van der Waals surface area contributed by atoms with Crippen molar-refractivity contribution in [2.45, 2.75) is 168 Å². The third kappa shape index (κ3) is 20.8. The molecule has 5 N–H and O–H groups in total. The molecule has 57 heavy (non-hydrogen) atoms. The van der Waals surface area contributed by atoms with E-state index < -0.39 is 50.6 Å². The Balaban J connectivity index is 1.74. The topological polar surface area (TPSA) is 205 Å². The Kier molecular flexibility index (Phi) is 25.5. The van der Waals surface area contributed by atoms with Gasteiger partial charge in [-0.05, 0) is 69.9 Å². The van der Waals surface area contributed by atoms with E-state index in [4.69, 9.17) is 28.7 Å². The summed E-state index contributed by atoms with van der Waals surface area (Å²) in [6.07, 6.45) is 18.7. The van der Waals surface area contributed by atoms with Crippen LogP contribution >= 0.6 is 7.82 Å². The molecule has 1 heterocycles. The third-order valence-corrected chi connectivity index (χ3v) is 11.4. The number of esters is 2. The Hall–Kier alpha value is -2.64. The molecule has 1 aliphatic carbocycles. The molecular formula is C43H72NO12P. The molecule has 0 aromatic carbocycles. The van der Waals surface area contributed by atoms with Crippen LogP contribution in [-0.4, -0.2) is 77.5 Å². The number of ether oxygens (including phenoxy) is 2. The van der Waals surface area contributed by atoms with Crippen LogP contribution in [0.2, 0.25) is 0 Å². The number of phosphoric ester groups is 1. The van der Waals surface area contributed by atoms with Crippen molar-refractivity contribution in [2.75, 3.05) is 26.4 Å². The largest absolute Gasteiger partial charge is 0.472 e. The lowest BCUT2D eigenvalue weighted by molar-refractivity contribution is -0.161. The quantitative estimate of drug-likeness (QED) is 0.0237. The van der Waals surface area contributed by atoms with Gasteiger partial charge in [-0.2, -0.15) is 0 Å². The van der Waals surface area contributed by atoms with Gasteiger partial charge in [0.15, 0.2) is 6.10 Å². The minimum Gasteiger partial charge on any atom is -0.466 e. The Labute approximate surface area is 340 Å². The zero-order chi connectivity index (χ0) is 42.1. The highest BCUT2D eigenvalue weighted by Gasteiger charge is 2.39. The summed E-state index contributed by atoms with van der Waals surface area (Å²) in [7, 11) is -4.47. The Morgan fingerprint density at radius 3 is 2.28 bits per heavy atom. The maximum Gasteiger partial charge on any atom is 0.472 e. The number of aliphatic hydroxyl groups is 2. The number of carbonyl (C=O) groups excluding carboxylic acids is 3. The Morgan fingerprint density at radius 1 is 0.895 bits per heavy atom. The predicted octanol–water partition coefficient (Wildman–Crippen LogP) is 7.85. The first-order valence-electron chi connectivity index (χ1n) is 21.3. The van der Waals surface area contributed by atoms with Gasteiger partial charge in [-0.15, -0.1) is 0 Å². The second kappa shape index (κ2) is 28.7. The molecule has 0 amide bonds. The van der Waals surface area contributed by atoms with Gasteiger partial charge in [0.05, 0.1) is 25.4 Å². The first-order chi connectivity index (χ1) is 27.3. The number of ketones is 1. The number of hydrogen-bond donors (Lipinski definition) is 4. The molecular weight excluding hydrogens is 753 g/mol. The summed E-state index contributed by atoms with van der Waals surface area (Å²) >= 11 is 0. The third-order valence-electron chi connectivity index (χ3n) is 10.4. The number of allylic oxidation sites excluding steroid dienone is 3. The van der Waals surface area contributed by atoms with E-state index in [1.807, 2.05) is 12.2 Å². The molecule has 13 nitrogen and oxygen atoms in total. The molecule has 0 spiro atoms. The standard InChI is InChI=1S/C43H72NO12P/c1-5-7-14-20-34(45)25-26-37-36(38(46)29-39(37)47)21-15-12-13-18-24-43(49)55-35(31-54-57(50,51)53-28-27-44)30-52-42(48)23-17-11-9-8-10-16-22-41-33(4)32(3)40(56-41)19-6-2/h12,15,25-26,34-38,45-46H,5-11,13-14,16-24,27-31,44H2,1-4H3,(H,50,51)/b15-12-,26-25+/t34-,35+,36+,37+,38-/m0/s1. The number of carbonyl (C=O) groups is 3. The fourth-order valence-electron chi connectivity index (χ4n) is 6.90. The zero-order valence-electron chi connectivity index (χ0n) is 35.0. The monoisotopic (exact) mass is 825 g/mol. The maximum atomic E-state index is 12.7. The highest BCUT2D eigenvalue weighted by atomic mass is 31.2. The lowest BCUT2D eigenvalue weighted by atomic mass is 9.90. The molecule has 1 saturated carbocycles. The summed E-state index contributed by atoms with van der Waals surface area (Å²) in [5.41, 5.74) is 7.88. The molecule has 1 aromatic rings. The smallest absolute Gasteiger partial charge is 0.466 e. The van der Waals surface area contributed by atoms with Crippen LogP contribution < -0.4 is 5.73 Å². The molecule has 0 saturated heterocycles. The number of aliphatic hydroxyl groups excluding tert-OH is 2. The first-order valence-corrected chi connectivity index (χ1v) is 22.8. The van der Waals surface area contributed by atoms with Gasteiger partial charge in [0.1, 0.15) is 23.9 Å². The van der Waals surface area contributed by atoms with Crippen LogP contribution in [0.4, 0.5) is 0 Å². The fraction of sp³-hybridized carbons (Fsp3) is 0.744. The predicted molar refractivity (Wildman–Crippen MR) is 219 cm³/mol. The summed E-state index contributed by atoms with van der Waals surface area (Å²) in [6.45, 7) is 7.43. The van der Waals surface area contributed by atoms with Gasteiger partial charge in [0, 0.05) is 50.5 Å². The van der Waals surface area contributed by atoms with Gasteiger partial charge < -0.3 is 34.7 Å². The summed E-state index contributed by atoms with van der Waals surface area (Å²) in [5.74, 6) is 0.362. The minimum absolute atomic E-state index is 0.00293. The number of aryl methyl sites for hydroxylation is 2. The van der Waals surface area contributed by atoms with Crippen LogP contribution in [0.25, 0.3) is 0 Å². The van der Waals surface area contributed by atoms with Crippen LogP contribution in [0.1, 0.15) is 146 Å². The average molecular weight is 826 g/mol. The SMILES string of the molecule is CCCCC[C@H](O)/C=C/[C@H]1C(=O)C[C@H](O)[C@@H]1C/C=C\CCCC(=O)O[C@H](COC(=O)CCCCCCCCc1oc(CCC)c(C)c1C)COP(=O)(O)OCCN. The molecule has 1 fully saturated rings. The van der Waals surface area contributed by atoms with Crippen LogP contribution in [0, 0.1) is 25.7 Å². The van der Waals surface area contributed by atoms with Crippen LogP contribution in [0.5, 0.6) is 0 Å². The van der Waals surface area contributed by atoms with Gasteiger partial charge in [-0.1, -0.05) is 83.1 Å². The van der Waals surface area contributed by atoms with Crippen molar-refractivity contribution in [3.05, 3.63) is 47.0 Å². The minimum atomic E-state index is -4.47. The highest BCUT2D eigenvalue weighted by molar-refractivity contribution is 7.47. The summed E-state index contributed by atoms with van der Waals surface area (Å²) in [4.78, 5) is 47.6. The molecule has 1 unspecified atom stereocenters. The second-order valence-corrected chi connectivity index (χ2v) is 16.7. The van der Waals surface area contributed by atoms with Crippen LogP contribution in [0.3, 0.4) is 0 Å². The van der Waals surface area contributed by atoms with E-state index in [-0.39, 0.29) is 50.7 Å². The van der Waals surface area contributed by atoms with Crippen molar-refractivity contribution in [3.8, 4) is 0 Å². The molecule has 6 atom stereocenters. The summed E-state index contributed by atoms with van der Waals surface area (Å²) in [6, 6.07) is 0. The molecule has 1 aliphatic rings.